The second-order valence-corrected chi connectivity index (χ2v) is 7.48. The van der Waals surface area contributed by atoms with E-state index in [1.807, 2.05) is 7.11 Å². The van der Waals surface area contributed by atoms with Gasteiger partial charge in [-0.25, -0.2) is 0 Å². The first kappa shape index (κ1) is 15.7. The molecule has 0 spiro atoms. The van der Waals surface area contributed by atoms with Gasteiger partial charge in [0.1, 0.15) is 6.23 Å². The molecule has 136 valence electrons. The summed E-state index contributed by atoms with van der Waals surface area (Å²) in [6.45, 7) is 1.28. The fourth-order valence-electron chi connectivity index (χ4n) is 5.66. The summed E-state index contributed by atoms with van der Waals surface area (Å²) in [7, 11) is 5.30. The molecule has 1 aromatic carbocycles. The van der Waals surface area contributed by atoms with Crippen LogP contribution in [0.4, 0.5) is 0 Å². The van der Waals surface area contributed by atoms with Crippen LogP contribution in [0.3, 0.4) is 0 Å². The minimum atomic E-state index is -0.115. The molecule has 1 unspecified atom stereocenters. The van der Waals surface area contributed by atoms with Crippen molar-refractivity contribution < 1.29 is 23.7 Å². The maximum Gasteiger partial charge on any atom is 0.231 e. The van der Waals surface area contributed by atoms with Gasteiger partial charge < -0.3 is 23.7 Å². The van der Waals surface area contributed by atoms with Crippen LogP contribution < -0.4 is 14.2 Å². The molecule has 0 radical (unpaired) electrons. The summed E-state index contributed by atoms with van der Waals surface area (Å²) in [5.41, 5.74) is 2.58. The highest BCUT2D eigenvalue weighted by Crippen LogP contribution is 2.61. The van der Waals surface area contributed by atoms with E-state index in [9.17, 15) is 0 Å². The summed E-state index contributed by atoms with van der Waals surface area (Å²) in [6.07, 6.45) is 4.62. The third-order valence-corrected chi connectivity index (χ3v) is 6.76. The summed E-state index contributed by atoms with van der Waals surface area (Å²) in [6, 6.07) is 2.63. The van der Waals surface area contributed by atoms with E-state index in [1.165, 1.54) is 5.56 Å². The van der Waals surface area contributed by atoms with Gasteiger partial charge in [-0.05, 0) is 37.3 Å². The third-order valence-electron chi connectivity index (χ3n) is 6.76. The van der Waals surface area contributed by atoms with Crippen LogP contribution in [0, 0.1) is 0 Å². The van der Waals surface area contributed by atoms with Crippen molar-refractivity contribution in [3.05, 3.63) is 17.2 Å². The highest BCUT2D eigenvalue weighted by molar-refractivity contribution is 5.64. The highest BCUT2D eigenvalue weighted by atomic mass is 16.7. The first-order chi connectivity index (χ1) is 12.2. The molecule has 2 bridgehead atoms. The molecule has 6 nitrogen and oxygen atoms in total. The molecular formula is C19H25NO5. The Bertz CT molecular complexity index is 708. The second kappa shape index (κ2) is 5.50. The summed E-state index contributed by atoms with van der Waals surface area (Å²) in [4.78, 5) is 2.50. The van der Waals surface area contributed by atoms with Crippen LogP contribution in [-0.4, -0.2) is 51.7 Å². The zero-order valence-corrected chi connectivity index (χ0v) is 15.0. The molecule has 2 fully saturated rings. The van der Waals surface area contributed by atoms with E-state index in [2.05, 4.69) is 11.0 Å². The van der Waals surface area contributed by atoms with Crippen molar-refractivity contribution in [3.8, 4) is 17.2 Å². The zero-order chi connectivity index (χ0) is 17.2. The van der Waals surface area contributed by atoms with Crippen molar-refractivity contribution in [2.75, 3.05) is 34.7 Å². The molecule has 3 aliphatic heterocycles. The molecule has 25 heavy (non-hydrogen) atoms. The number of methoxy groups -OCH3 is 3. The molecule has 6 heteroatoms. The van der Waals surface area contributed by atoms with E-state index in [-0.39, 0.29) is 18.4 Å². The molecule has 1 saturated heterocycles. The Morgan fingerprint density at radius 2 is 2.04 bits per heavy atom. The third kappa shape index (κ3) is 1.90. The van der Waals surface area contributed by atoms with Crippen LogP contribution in [0.2, 0.25) is 0 Å². The van der Waals surface area contributed by atoms with Gasteiger partial charge in [0.05, 0.1) is 13.2 Å². The van der Waals surface area contributed by atoms with Crippen LogP contribution in [0.15, 0.2) is 6.07 Å². The van der Waals surface area contributed by atoms with Crippen LogP contribution in [0.5, 0.6) is 17.2 Å². The summed E-state index contributed by atoms with van der Waals surface area (Å²) in [5, 5.41) is 0. The first-order valence-corrected chi connectivity index (χ1v) is 9.06. The van der Waals surface area contributed by atoms with Crippen LogP contribution >= 0.6 is 0 Å². The topological polar surface area (TPSA) is 49.4 Å². The van der Waals surface area contributed by atoms with E-state index in [0.717, 1.165) is 49.3 Å². The number of hydrogen-bond donors (Lipinski definition) is 0. The minimum Gasteiger partial charge on any atom is -0.492 e. The lowest BCUT2D eigenvalue weighted by molar-refractivity contribution is -0.0847. The Morgan fingerprint density at radius 1 is 1.16 bits per heavy atom. The van der Waals surface area contributed by atoms with Gasteiger partial charge in [0.2, 0.25) is 12.5 Å². The number of hydrogen-bond acceptors (Lipinski definition) is 6. The lowest BCUT2D eigenvalue weighted by Crippen LogP contribution is -2.53. The van der Waals surface area contributed by atoms with Gasteiger partial charge in [-0.1, -0.05) is 0 Å². The van der Waals surface area contributed by atoms with Gasteiger partial charge in [-0.15, -0.1) is 0 Å². The molecule has 0 N–H and O–H groups in total. The van der Waals surface area contributed by atoms with Gasteiger partial charge in [-0.2, -0.15) is 0 Å². The Balaban J connectivity index is 1.73. The second-order valence-electron chi connectivity index (χ2n) is 7.48. The van der Waals surface area contributed by atoms with Gasteiger partial charge in [0.25, 0.3) is 0 Å². The smallest absolute Gasteiger partial charge is 0.231 e. The predicted octanol–water partition coefficient (Wildman–Crippen LogP) is 2.59. The van der Waals surface area contributed by atoms with Crippen molar-refractivity contribution in [2.24, 2.45) is 0 Å². The van der Waals surface area contributed by atoms with Crippen LogP contribution in [-0.2, 0) is 14.9 Å². The highest BCUT2D eigenvalue weighted by Gasteiger charge is 2.59. The normalized spacial score (nSPS) is 37.6. The SMILES string of the molecule is COc1c2c(cc3c1[C@@H](OC)N1CC[C@]34CC[C@H](OC)C[C@@H]14)OCO2. The summed E-state index contributed by atoms with van der Waals surface area (Å²) < 4.78 is 28.9. The largest absolute Gasteiger partial charge is 0.492 e. The van der Waals surface area contributed by atoms with Gasteiger partial charge in [0.15, 0.2) is 11.5 Å². The monoisotopic (exact) mass is 347 g/mol. The zero-order valence-electron chi connectivity index (χ0n) is 15.0. The molecule has 1 aliphatic carbocycles. The molecule has 1 aromatic rings. The number of fused-ring (bicyclic) bond motifs is 2. The Labute approximate surface area is 147 Å². The minimum absolute atomic E-state index is 0.115. The van der Waals surface area contributed by atoms with Crippen LogP contribution in [0.1, 0.15) is 43.0 Å². The summed E-state index contributed by atoms with van der Waals surface area (Å²) >= 11 is 0. The molecule has 3 heterocycles. The van der Waals surface area contributed by atoms with Crippen molar-refractivity contribution >= 4 is 0 Å². The molecular weight excluding hydrogens is 322 g/mol. The van der Waals surface area contributed by atoms with E-state index in [1.54, 1.807) is 14.2 Å². The average molecular weight is 347 g/mol. The lowest BCUT2D eigenvalue weighted by Gasteiger charge is -2.51. The summed E-state index contributed by atoms with van der Waals surface area (Å²) in [5.74, 6) is 2.28. The molecule has 1 saturated carbocycles. The van der Waals surface area contributed by atoms with Crippen molar-refractivity contribution in [3.63, 3.8) is 0 Å². The number of nitrogens with zero attached hydrogens (tertiary/aromatic N) is 1. The van der Waals surface area contributed by atoms with Crippen molar-refractivity contribution in [2.45, 2.75) is 49.5 Å². The molecule has 5 rings (SSSR count). The average Bonchev–Trinajstić information content (AvgIpc) is 3.23. The molecule has 5 atom stereocenters. The fraction of sp³-hybridized carbons (Fsp3) is 0.684. The molecule has 4 aliphatic rings. The van der Waals surface area contributed by atoms with E-state index < -0.39 is 0 Å². The van der Waals surface area contributed by atoms with Crippen LogP contribution in [0.25, 0.3) is 0 Å². The lowest BCUT2D eigenvalue weighted by atomic mass is 9.62. The predicted molar refractivity (Wildman–Crippen MR) is 90.3 cm³/mol. The maximum atomic E-state index is 5.97. The Kier molecular flexibility index (Phi) is 3.46. The van der Waals surface area contributed by atoms with E-state index in [0.29, 0.717) is 17.9 Å². The quantitative estimate of drug-likeness (QED) is 0.838. The van der Waals surface area contributed by atoms with Gasteiger partial charge in [0, 0.05) is 37.8 Å². The van der Waals surface area contributed by atoms with Crippen molar-refractivity contribution in [1.29, 1.82) is 0 Å². The number of ether oxygens (including phenoxy) is 5. The molecule has 0 amide bonds. The Hall–Kier alpha value is -1.50. The number of benzene rings is 1. The number of rotatable bonds is 3. The standard InChI is InChI=1S/C19H25NO5/c1-21-11-4-5-19-6-7-20(14(19)8-11)18(23-3)15-12(19)9-13-16(17(15)22-2)25-10-24-13/h9,11,14,18H,4-8,10H2,1-3H3/t11-,14+,18+,19+/m0/s1. The Morgan fingerprint density at radius 3 is 2.80 bits per heavy atom. The van der Waals surface area contributed by atoms with Gasteiger partial charge in [-0.3, -0.25) is 4.90 Å². The van der Waals surface area contributed by atoms with E-state index in [4.69, 9.17) is 23.7 Å². The van der Waals surface area contributed by atoms with E-state index >= 15 is 0 Å². The fourth-order valence-corrected chi connectivity index (χ4v) is 5.66. The first-order valence-electron chi connectivity index (χ1n) is 9.06. The van der Waals surface area contributed by atoms with Crippen molar-refractivity contribution in [1.82, 2.24) is 4.90 Å². The maximum absolute atomic E-state index is 5.97. The van der Waals surface area contributed by atoms with Gasteiger partial charge >= 0.3 is 0 Å². The molecule has 0 aromatic heterocycles.